The summed E-state index contributed by atoms with van der Waals surface area (Å²) in [4.78, 5) is 0. The molecule has 0 radical (unpaired) electrons. The highest BCUT2D eigenvalue weighted by Crippen LogP contribution is 2.43. The molecule has 0 aliphatic rings. The van der Waals surface area contributed by atoms with Gasteiger partial charge in [0.05, 0.1) is 27.8 Å². The van der Waals surface area contributed by atoms with Crippen molar-refractivity contribution in [3.8, 4) is 11.4 Å². The van der Waals surface area contributed by atoms with Gasteiger partial charge >= 0.3 is 0 Å². The van der Waals surface area contributed by atoms with E-state index < -0.39 is 0 Å². The predicted molar refractivity (Wildman–Crippen MR) is 176 cm³/mol. The molecular weight excluding hydrogens is 536 g/mol. The van der Waals surface area contributed by atoms with Crippen LogP contribution in [0.1, 0.15) is 5.56 Å². The van der Waals surface area contributed by atoms with E-state index in [1.165, 1.54) is 26.5 Å². The number of furan rings is 1. The zero-order valence-corrected chi connectivity index (χ0v) is 23.3. The van der Waals surface area contributed by atoms with Crippen LogP contribution in [0.15, 0.2) is 126 Å². The maximum absolute atomic E-state index is 6.72. The summed E-state index contributed by atoms with van der Waals surface area (Å²) in [5.41, 5.74) is 13.5. The Morgan fingerprint density at radius 1 is 0.619 bits per heavy atom. The van der Waals surface area contributed by atoms with Gasteiger partial charge in [-0.25, -0.2) is 0 Å². The molecule has 0 fully saturated rings. The number of hydrogen-bond acceptors (Lipinski definition) is 4. The molecule has 5 heteroatoms. The second kappa shape index (κ2) is 8.87. The van der Waals surface area contributed by atoms with Gasteiger partial charge in [-0.15, -0.1) is 11.3 Å². The van der Waals surface area contributed by atoms with Crippen LogP contribution >= 0.6 is 11.3 Å². The van der Waals surface area contributed by atoms with Crippen molar-refractivity contribution >= 4 is 80.9 Å². The molecule has 6 aromatic carbocycles. The molecule has 9 aromatic rings. The van der Waals surface area contributed by atoms with Crippen molar-refractivity contribution in [2.45, 2.75) is 6.61 Å². The van der Waals surface area contributed by atoms with Crippen LogP contribution in [-0.2, 0) is 6.61 Å². The van der Waals surface area contributed by atoms with E-state index >= 15 is 0 Å². The molecule has 0 amide bonds. The average Bonchev–Trinajstić information content (AvgIpc) is 3.71. The number of rotatable bonds is 4. The van der Waals surface area contributed by atoms with E-state index in [0.717, 1.165) is 48.7 Å². The van der Waals surface area contributed by atoms with Crippen LogP contribution in [0, 0.1) is 0 Å². The highest BCUT2D eigenvalue weighted by Gasteiger charge is 2.20. The van der Waals surface area contributed by atoms with Crippen molar-refractivity contribution < 1.29 is 9.15 Å². The van der Waals surface area contributed by atoms with Gasteiger partial charge in [-0.1, -0.05) is 72.8 Å². The molecule has 0 aliphatic heterocycles. The first-order chi connectivity index (χ1) is 20.8. The number of hydrogen-bond donors (Lipinski definition) is 1. The minimum atomic E-state index is 0.335. The molecule has 0 bridgehead atoms. The topological polar surface area (TPSA) is 53.3 Å². The van der Waals surface area contributed by atoms with Gasteiger partial charge in [0.25, 0.3) is 0 Å². The lowest BCUT2D eigenvalue weighted by atomic mass is 10.1. The Labute approximate surface area is 244 Å². The molecular formula is C37H24N2O2S. The highest BCUT2D eigenvalue weighted by molar-refractivity contribution is 7.26. The Balaban J connectivity index is 1.22. The van der Waals surface area contributed by atoms with Crippen LogP contribution in [0.25, 0.3) is 69.6 Å². The number of thiophene rings is 1. The summed E-state index contributed by atoms with van der Waals surface area (Å²) in [6.07, 6.45) is 0. The normalized spacial score (nSPS) is 12.0. The summed E-state index contributed by atoms with van der Waals surface area (Å²) in [6.45, 7) is 0.335. The monoisotopic (exact) mass is 560 g/mol. The van der Waals surface area contributed by atoms with Crippen molar-refractivity contribution in [2.24, 2.45) is 0 Å². The van der Waals surface area contributed by atoms with Crippen LogP contribution < -0.4 is 10.5 Å². The minimum absolute atomic E-state index is 0.335. The maximum atomic E-state index is 6.72. The van der Waals surface area contributed by atoms with Gasteiger partial charge < -0.3 is 19.5 Å². The summed E-state index contributed by atoms with van der Waals surface area (Å²) < 4.78 is 17.7. The molecule has 0 atom stereocenters. The van der Waals surface area contributed by atoms with Gasteiger partial charge in [0, 0.05) is 41.9 Å². The predicted octanol–water partition coefficient (Wildman–Crippen LogP) is 10.2. The SMILES string of the molecule is Nc1c(OCc2ccc(-n3c4ccccc4c4ccccc43)c3c2oc2ccccc23)ccc2sc3ccccc3c12. The first-order valence-corrected chi connectivity index (χ1v) is 14.8. The lowest BCUT2D eigenvalue weighted by molar-refractivity contribution is 0.308. The summed E-state index contributed by atoms with van der Waals surface area (Å²) in [5.74, 6) is 0.682. The molecule has 0 aliphatic carbocycles. The number of nitrogen functional groups attached to an aromatic ring is 1. The van der Waals surface area contributed by atoms with Crippen molar-refractivity contribution in [2.75, 3.05) is 5.73 Å². The smallest absolute Gasteiger partial charge is 0.144 e. The Morgan fingerprint density at radius 2 is 1.29 bits per heavy atom. The van der Waals surface area contributed by atoms with Crippen molar-refractivity contribution in [1.82, 2.24) is 4.57 Å². The van der Waals surface area contributed by atoms with E-state index in [-0.39, 0.29) is 0 Å². The van der Waals surface area contributed by atoms with Gasteiger partial charge in [-0.2, -0.15) is 0 Å². The van der Waals surface area contributed by atoms with Crippen LogP contribution in [0.5, 0.6) is 5.75 Å². The van der Waals surface area contributed by atoms with E-state index in [1.54, 1.807) is 11.3 Å². The Morgan fingerprint density at radius 3 is 2.07 bits per heavy atom. The fourth-order valence-electron chi connectivity index (χ4n) is 6.45. The zero-order chi connectivity index (χ0) is 27.8. The second-order valence-corrected chi connectivity index (χ2v) is 11.7. The van der Waals surface area contributed by atoms with Crippen molar-refractivity contribution in [1.29, 1.82) is 0 Å². The zero-order valence-electron chi connectivity index (χ0n) is 22.5. The third-order valence-electron chi connectivity index (χ3n) is 8.33. The van der Waals surface area contributed by atoms with Crippen molar-refractivity contribution in [3.63, 3.8) is 0 Å². The van der Waals surface area contributed by atoms with Gasteiger partial charge in [-0.3, -0.25) is 0 Å². The van der Waals surface area contributed by atoms with Gasteiger partial charge in [-0.05, 0) is 48.5 Å². The van der Waals surface area contributed by atoms with E-state index in [4.69, 9.17) is 14.9 Å². The van der Waals surface area contributed by atoms with Crippen LogP contribution in [0.3, 0.4) is 0 Å². The summed E-state index contributed by atoms with van der Waals surface area (Å²) in [6, 6.07) is 42.2. The van der Waals surface area contributed by atoms with Crippen molar-refractivity contribution in [3.05, 3.63) is 127 Å². The molecule has 0 spiro atoms. The van der Waals surface area contributed by atoms with Crippen LogP contribution in [0.2, 0.25) is 0 Å². The van der Waals surface area contributed by atoms with Crippen LogP contribution in [-0.4, -0.2) is 4.57 Å². The number of nitrogens with zero attached hydrogens (tertiary/aromatic N) is 1. The van der Waals surface area contributed by atoms with E-state index in [1.807, 2.05) is 18.2 Å². The molecule has 3 aromatic heterocycles. The molecule has 4 nitrogen and oxygen atoms in total. The summed E-state index contributed by atoms with van der Waals surface area (Å²) in [5, 5.41) is 6.84. The number of nitrogens with two attached hydrogens (primary N) is 1. The lowest BCUT2D eigenvalue weighted by Crippen LogP contribution is -2.01. The third-order valence-corrected chi connectivity index (χ3v) is 9.47. The molecule has 3 heterocycles. The Hall–Kier alpha value is -5.26. The first-order valence-electron chi connectivity index (χ1n) is 14.0. The standard InChI is InChI=1S/C37H24N2O2S/c38-36-31(19-20-33-35(36)26-12-4-8-16-32(26)42-33)40-21-22-17-18-29(34-25-11-3-7-15-30(25)41-37(22)34)39-27-13-5-1-9-23(27)24-10-2-6-14-28(24)39/h1-20H,21,38H2. The van der Waals surface area contributed by atoms with E-state index in [0.29, 0.717) is 18.0 Å². The number of aromatic nitrogens is 1. The summed E-state index contributed by atoms with van der Waals surface area (Å²) >= 11 is 1.75. The summed E-state index contributed by atoms with van der Waals surface area (Å²) in [7, 11) is 0. The Bertz CT molecular complexity index is 2440. The number of para-hydroxylation sites is 3. The second-order valence-electron chi connectivity index (χ2n) is 10.7. The van der Waals surface area contributed by atoms with Gasteiger partial charge in [0.2, 0.25) is 0 Å². The molecule has 0 saturated carbocycles. The molecule has 200 valence electrons. The maximum Gasteiger partial charge on any atom is 0.144 e. The lowest BCUT2D eigenvalue weighted by Gasteiger charge is -2.13. The van der Waals surface area contributed by atoms with Crippen LogP contribution in [0.4, 0.5) is 5.69 Å². The van der Waals surface area contributed by atoms with E-state index in [9.17, 15) is 0 Å². The number of fused-ring (bicyclic) bond motifs is 9. The molecule has 0 saturated heterocycles. The Kier molecular flexibility index (Phi) is 4.95. The molecule has 9 rings (SSSR count). The third kappa shape index (κ3) is 3.28. The fraction of sp³-hybridized carbons (Fsp3) is 0.0270. The minimum Gasteiger partial charge on any atom is -0.487 e. The average molecular weight is 561 g/mol. The number of ether oxygens (including phenoxy) is 1. The van der Waals surface area contributed by atoms with E-state index in [2.05, 4.69) is 108 Å². The van der Waals surface area contributed by atoms with Gasteiger partial charge in [0.1, 0.15) is 23.5 Å². The molecule has 2 N–H and O–H groups in total. The fourth-order valence-corrected chi connectivity index (χ4v) is 7.57. The number of anilines is 1. The first kappa shape index (κ1) is 23.4. The largest absolute Gasteiger partial charge is 0.487 e. The highest BCUT2D eigenvalue weighted by atomic mass is 32.1. The quantitative estimate of drug-likeness (QED) is 0.218. The van der Waals surface area contributed by atoms with Gasteiger partial charge in [0.15, 0.2) is 0 Å². The molecule has 0 unspecified atom stereocenters. The molecule has 42 heavy (non-hydrogen) atoms. The number of benzene rings is 6.